The molecule has 0 aliphatic rings. The minimum absolute atomic E-state index is 0.165. The summed E-state index contributed by atoms with van der Waals surface area (Å²) in [6.45, 7) is 5.12. The van der Waals surface area contributed by atoms with Crippen molar-refractivity contribution in [2.24, 2.45) is 0 Å². The topological polar surface area (TPSA) is 131 Å². The zero-order valence-electron chi connectivity index (χ0n) is 18.5. The number of esters is 1. The average Bonchev–Trinajstić information content (AvgIpc) is 2.73. The van der Waals surface area contributed by atoms with Gasteiger partial charge in [-0.05, 0) is 26.8 Å². The van der Waals surface area contributed by atoms with Crippen molar-refractivity contribution >= 4 is 5.97 Å². The van der Waals surface area contributed by atoms with E-state index in [-0.39, 0.29) is 19.7 Å². The first-order chi connectivity index (χ1) is 13.8. The van der Waals surface area contributed by atoms with E-state index in [1.807, 2.05) is 6.92 Å². The molecule has 8 nitrogen and oxygen atoms in total. The van der Waals surface area contributed by atoms with E-state index < -0.39 is 43.0 Å². The Kier molecular flexibility index (Phi) is 13.6. The number of carbonyl (C=O) groups is 1. The number of hydrogen-bond acceptors (Lipinski definition) is 8. The van der Waals surface area contributed by atoms with Gasteiger partial charge >= 0.3 is 5.97 Å². The summed E-state index contributed by atoms with van der Waals surface area (Å²) < 4.78 is 13.1. The van der Waals surface area contributed by atoms with Gasteiger partial charge in [-0.1, -0.05) is 46.0 Å². The largest absolute Gasteiger partial charge is 0.464 e. The fourth-order valence-electron chi connectivity index (χ4n) is 2.84. The van der Waals surface area contributed by atoms with Gasteiger partial charge in [-0.3, -0.25) is 9.69 Å². The van der Waals surface area contributed by atoms with Crippen LogP contribution >= 0.6 is 0 Å². The van der Waals surface area contributed by atoms with Crippen LogP contribution in [-0.4, -0.2) is 93.1 Å². The van der Waals surface area contributed by atoms with Gasteiger partial charge in [0.05, 0.1) is 13.2 Å². The maximum atomic E-state index is 12.7. The summed E-state index contributed by atoms with van der Waals surface area (Å²) in [5.74, 6) is -0.789. The summed E-state index contributed by atoms with van der Waals surface area (Å²) in [4.78, 5) is 14.1. The van der Waals surface area contributed by atoms with E-state index in [0.717, 1.165) is 25.7 Å². The SMILES string of the molecule is [2H]CN(C(C)CC)C(C(=O)OCCCCCCCC)[C@H](O)[C@@H](O)[C@H](O)[C@H](O)CO. The van der Waals surface area contributed by atoms with Crippen molar-refractivity contribution in [2.45, 2.75) is 102 Å². The van der Waals surface area contributed by atoms with E-state index in [4.69, 9.17) is 11.2 Å². The van der Waals surface area contributed by atoms with E-state index in [1.165, 1.54) is 11.3 Å². The molecule has 0 amide bonds. The van der Waals surface area contributed by atoms with E-state index in [0.29, 0.717) is 12.8 Å². The lowest BCUT2D eigenvalue weighted by Gasteiger charge is -2.37. The third kappa shape index (κ3) is 9.15. The number of hydrogen-bond donors (Lipinski definition) is 5. The first-order valence-corrected chi connectivity index (χ1v) is 10.3. The number of nitrogens with zero attached hydrogens (tertiary/aromatic N) is 1. The van der Waals surface area contributed by atoms with E-state index in [9.17, 15) is 25.2 Å². The Hall–Kier alpha value is -0.770. The van der Waals surface area contributed by atoms with Crippen LogP contribution in [0, 0.1) is 0 Å². The monoisotopic (exact) mass is 408 g/mol. The van der Waals surface area contributed by atoms with Crippen LogP contribution in [0.15, 0.2) is 0 Å². The molecule has 0 rings (SSSR count). The average molecular weight is 409 g/mol. The molecule has 0 heterocycles. The molecule has 5 N–H and O–H groups in total. The Morgan fingerprint density at radius 3 is 2.14 bits per heavy atom. The standard InChI is InChI=1S/C20H41NO7/c1-5-7-8-9-10-11-12-28-20(27)16(21(4)14(3)6-2)18(25)19(26)17(24)15(23)13-22/h14-19,22-26H,5-13H2,1-4H3/t14?,15-,16?,17-,18+,19+/m1/s1/i4D. The molecule has 2 unspecified atom stereocenters. The summed E-state index contributed by atoms with van der Waals surface area (Å²) in [7, 11) is -0.325. The van der Waals surface area contributed by atoms with E-state index in [2.05, 4.69) is 6.92 Å². The zero-order chi connectivity index (χ0) is 22.4. The molecular weight excluding hydrogens is 366 g/mol. The quantitative estimate of drug-likeness (QED) is 0.184. The van der Waals surface area contributed by atoms with Gasteiger partial charge in [0.1, 0.15) is 30.5 Å². The lowest BCUT2D eigenvalue weighted by molar-refractivity contribution is -0.168. The normalized spacial score (nSPS) is 18.8. The highest BCUT2D eigenvalue weighted by molar-refractivity contribution is 5.76. The Labute approximate surface area is 170 Å². The fourth-order valence-corrected chi connectivity index (χ4v) is 2.84. The molecule has 168 valence electrons. The lowest BCUT2D eigenvalue weighted by Crippen LogP contribution is -2.58. The third-order valence-corrected chi connectivity index (χ3v) is 5.10. The Morgan fingerprint density at radius 2 is 1.61 bits per heavy atom. The minimum Gasteiger partial charge on any atom is -0.464 e. The first-order valence-electron chi connectivity index (χ1n) is 11.0. The summed E-state index contributed by atoms with van der Waals surface area (Å²) in [5, 5.41) is 49.2. The van der Waals surface area contributed by atoms with Gasteiger partial charge in [0, 0.05) is 7.41 Å². The van der Waals surface area contributed by atoms with Crippen molar-refractivity contribution in [1.82, 2.24) is 4.90 Å². The molecule has 0 aliphatic heterocycles. The number of aliphatic hydroxyl groups excluding tert-OH is 5. The zero-order valence-corrected chi connectivity index (χ0v) is 17.5. The number of unbranched alkanes of at least 4 members (excludes halogenated alkanes) is 5. The molecule has 6 atom stereocenters. The van der Waals surface area contributed by atoms with Gasteiger partial charge in [0.15, 0.2) is 0 Å². The molecule has 0 aromatic heterocycles. The summed E-state index contributed by atoms with van der Waals surface area (Å²) >= 11 is 0. The Balaban J connectivity index is 5.11. The third-order valence-electron chi connectivity index (χ3n) is 5.10. The summed E-state index contributed by atoms with van der Waals surface area (Å²) in [5.41, 5.74) is 0. The van der Waals surface area contributed by atoms with E-state index >= 15 is 0 Å². The Morgan fingerprint density at radius 1 is 1.00 bits per heavy atom. The highest BCUT2D eigenvalue weighted by Crippen LogP contribution is 2.17. The Bertz CT molecular complexity index is 430. The molecule has 8 heteroatoms. The summed E-state index contributed by atoms with van der Waals surface area (Å²) in [6.07, 6.45) is -0.560. The molecule has 0 bridgehead atoms. The van der Waals surface area contributed by atoms with Crippen LogP contribution < -0.4 is 0 Å². The molecule has 0 spiro atoms. The maximum Gasteiger partial charge on any atom is 0.326 e. The number of ether oxygens (including phenoxy) is 1. The minimum atomic E-state index is -1.90. The lowest BCUT2D eigenvalue weighted by atomic mass is 9.96. The van der Waals surface area contributed by atoms with Gasteiger partial charge in [-0.25, -0.2) is 0 Å². The molecule has 0 aliphatic carbocycles. The van der Waals surface area contributed by atoms with Crippen molar-refractivity contribution in [3.8, 4) is 0 Å². The highest BCUT2D eigenvalue weighted by atomic mass is 16.5. The number of rotatable bonds is 16. The number of likely N-dealkylation sites (N-methyl/N-ethyl adjacent to an activating group) is 1. The predicted molar refractivity (Wildman–Crippen MR) is 107 cm³/mol. The van der Waals surface area contributed by atoms with Crippen LogP contribution in [0.4, 0.5) is 0 Å². The van der Waals surface area contributed by atoms with Gasteiger partial charge < -0.3 is 30.3 Å². The molecular formula is C20H41NO7. The van der Waals surface area contributed by atoms with Crippen molar-refractivity contribution in [3.63, 3.8) is 0 Å². The van der Waals surface area contributed by atoms with Crippen molar-refractivity contribution in [3.05, 3.63) is 0 Å². The highest BCUT2D eigenvalue weighted by Gasteiger charge is 2.41. The molecule has 0 saturated heterocycles. The predicted octanol–water partition coefficient (Wildman–Crippen LogP) is 0.425. The second-order valence-corrected chi connectivity index (χ2v) is 7.37. The maximum absolute atomic E-state index is 12.7. The van der Waals surface area contributed by atoms with Gasteiger partial charge in [0.2, 0.25) is 0 Å². The van der Waals surface area contributed by atoms with Crippen LogP contribution in [0.25, 0.3) is 0 Å². The second kappa shape index (κ2) is 15.1. The van der Waals surface area contributed by atoms with Gasteiger partial charge in [0.25, 0.3) is 0 Å². The molecule has 0 saturated carbocycles. The van der Waals surface area contributed by atoms with Crippen molar-refractivity contribution in [2.75, 3.05) is 20.2 Å². The van der Waals surface area contributed by atoms with Crippen molar-refractivity contribution in [1.29, 1.82) is 0 Å². The van der Waals surface area contributed by atoms with Crippen LogP contribution in [0.5, 0.6) is 0 Å². The van der Waals surface area contributed by atoms with Crippen LogP contribution in [0.3, 0.4) is 0 Å². The van der Waals surface area contributed by atoms with E-state index in [1.54, 1.807) is 6.92 Å². The number of aliphatic hydroxyl groups is 5. The first kappa shape index (κ1) is 25.3. The number of carbonyl (C=O) groups excluding carboxylic acids is 1. The second-order valence-electron chi connectivity index (χ2n) is 7.37. The smallest absolute Gasteiger partial charge is 0.326 e. The molecule has 0 radical (unpaired) electrons. The van der Waals surface area contributed by atoms with Crippen LogP contribution in [0.2, 0.25) is 0 Å². The molecule has 0 aromatic rings. The van der Waals surface area contributed by atoms with Crippen LogP contribution in [-0.2, 0) is 9.53 Å². The van der Waals surface area contributed by atoms with Crippen LogP contribution in [0.1, 0.15) is 67.1 Å². The van der Waals surface area contributed by atoms with Crippen molar-refractivity contribution < 1.29 is 36.4 Å². The van der Waals surface area contributed by atoms with Gasteiger partial charge in [-0.2, -0.15) is 0 Å². The van der Waals surface area contributed by atoms with Gasteiger partial charge in [-0.15, -0.1) is 0 Å². The summed E-state index contributed by atoms with van der Waals surface area (Å²) in [6, 6.07) is -1.64. The molecule has 28 heavy (non-hydrogen) atoms. The molecule has 0 aromatic carbocycles. The fraction of sp³-hybridized carbons (Fsp3) is 0.950. The molecule has 0 fully saturated rings.